The molecule has 1 atom stereocenters. The first-order valence-corrected chi connectivity index (χ1v) is 4.09. The molecule has 4 nitrogen and oxygen atoms in total. The van der Waals surface area contributed by atoms with E-state index in [1.54, 1.807) is 0 Å². The zero-order valence-corrected chi connectivity index (χ0v) is 7.04. The van der Waals surface area contributed by atoms with Gasteiger partial charge >= 0.3 is 6.09 Å². The second kappa shape index (κ2) is 4.36. The molecular weight excluding hydrogens is 182 g/mol. The Kier molecular flexibility index (Phi) is 3.41. The molecule has 0 saturated carbocycles. The first-order valence-electron chi connectivity index (χ1n) is 4.09. The third-order valence-electron chi connectivity index (χ3n) is 2.06. The van der Waals surface area contributed by atoms with Gasteiger partial charge in [-0.1, -0.05) is 0 Å². The molecule has 1 aliphatic heterocycles. The predicted molar refractivity (Wildman–Crippen MR) is 42.0 cm³/mol. The molecule has 1 fully saturated rings. The van der Waals surface area contributed by atoms with Gasteiger partial charge in [0.15, 0.2) is 0 Å². The number of amides is 1. The van der Waals surface area contributed by atoms with Crippen molar-refractivity contribution in [2.24, 2.45) is 0 Å². The number of nitrogens with zero attached hydrogens (tertiary/aromatic N) is 1. The zero-order valence-electron chi connectivity index (χ0n) is 7.04. The summed E-state index contributed by atoms with van der Waals surface area (Å²) in [6, 6.07) is -0.300. The number of halogens is 2. The van der Waals surface area contributed by atoms with Crippen molar-refractivity contribution in [3.63, 3.8) is 0 Å². The van der Waals surface area contributed by atoms with E-state index >= 15 is 0 Å². The van der Waals surface area contributed by atoms with Gasteiger partial charge in [-0.05, 0) is 13.0 Å². The van der Waals surface area contributed by atoms with E-state index in [2.05, 4.69) is 5.32 Å². The number of alkyl halides is 2. The highest BCUT2D eigenvalue weighted by Crippen LogP contribution is 2.10. The fourth-order valence-electron chi connectivity index (χ4n) is 1.44. The van der Waals surface area contributed by atoms with Crippen LogP contribution < -0.4 is 5.32 Å². The summed E-state index contributed by atoms with van der Waals surface area (Å²) < 4.78 is 23.9. The molecule has 0 aromatic heterocycles. The van der Waals surface area contributed by atoms with E-state index in [1.165, 1.54) is 0 Å². The average molecular weight is 194 g/mol. The van der Waals surface area contributed by atoms with E-state index in [0.717, 1.165) is 4.90 Å². The third-order valence-corrected chi connectivity index (χ3v) is 2.06. The Morgan fingerprint density at radius 1 is 1.69 bits per heavy atom. The molecule has 1 rings (SSSR count). The Morgan fingerprint density at radius 2 is 2.38 bits per heavy atom. The van der Waals surface area contributed by atoms with Gasteiger partial charge in [-0.25, -0.2) is 13.6 Å². The maximum absolute atomic E-state index is 12.0. The standard InChI is InChI=1S/C7H12F2N2O2/c8-6(9)4-11(7(12)13)5-1-2-10-3-5/h5-6,10H,1-4H2,(H,12,13). The SMILES string of the molecule is O=C(O)N(CC(F)F)C1CCNC1. The van der Waals surface area contributed by atoms with E-state index in [1.807, 2.05) is 0 Å². The van der Waals surface area contributed by atoms with Crippen LogP contribution in [0.15, 0.2) is 0 Å². The smallest absolute Gasteiger partial charge is 0.407 e. The molecule has 0 bridgehead atoms. The lowest BCUT2D eigenvalue weighted by atomic mass is 10.2. The quantitative estimate of drug-likeness (QED) is 0.691. The predicted octanol–water partition coefficient (Wildman–Crippen LogP) is 0.593. The summed E-state index contributed by atoms with van der Waals surface area (Å²) in [4.78, 5) is 11.4. The van der Waals surface area contributed by atoms with Gasteiger partial charge in [-0.3, -0.25) is 4.90 Å². The molecule has 1 amide bonds. The highest BCUT2D eigenvalue weighted by molar-refractivity contribution is 5.65. The second-order valence-electron chi connectivity index (χ2n) is 2.97. The van der Waals surface area contributed by atoms with E-state index in [9.17, 15) is 13.6 Å². The van der Waals surface area contributed by atoms with Crippen molar-refractivity contribution < 1.29 is 18.7 Å². The van der Waals surface area contributed by atoms with Crippen molar-refractivity contribution in [1.29, 1.82) is 0 Å². The van der Waals surface area contributed by atoms with Gasteiger partial charge in [0, 0.05) is 12.6 Å². The van der Waals surface area contributed by atoms with Gasteiger partial charge in [0.2, 0.25) is 0 Å². The molecule has 0 aromatic carbocycles. The zero-order chi connectivity index (χ0) is 9.84. The first-order chi connectivity index (χ1) is 6.11. The summed E-state index contributed by atoms with van der Waals surface area (Å²) in [5.74, 6) is 0. The Morgan fingerprint density at radius 3 is 2.77 bits per heavy atom. The van der Waals surface area contributed by atoms with Crippen molar-refractivity contribution in [3.8, 4) is 0 Å². The van der Waals surface area contributed by atoms with E-state index in [4.69, 9.17) is 5.11 Å². The molecule has 0 aromatic rings. The summed E-state index contributed by atoms with van der Waals surface area (Å²) >= 11 is 0. The van der Waals surface area contributed by atoms with Crippen LogP contribution in [0.5, 0.6) is 0 Å². The van der Waals surface area contributed by atoms with Crippen LogP contribution in [0.4, 0.5) is 13.6 Å². The Labute approximate surface area is 74.5 Å². The number of rotatable bonds is 3. The van der Waals surface area contributed by atoms with E-state index < -0.39 is 19.1 Å². The highest BCUT2D eigenvalue weighted by atomic mass is 19.3. The lowest BCUT2D eigenvalue weighted by molar-refractivity contribution is 0.0645. The van der Waals surface area contributed by atoms with Crippen LogP contribution in [0.2, 0.25) is 0 Å². The number of nitrogens with one attached hydrogen (secondary N) is 1. The molecule has 1 saturated heterocycles. The number of hydrogen-bond donors (Lipinski definition) is 2. The molecule has 2 N–H and O–H groups in total. The normalized spacial score (nSPS) is 22.2. The average Bonchev–Trinajstić information content (AvgIpc) is 2.50. The van der Waals surface area contributed by atoms with Gasteiger partial charge in [-0.2, -0.15) is 0 Å². The molecule has 1 unspecified atom stereocenters. The Hall–Kier alpha value is -0.910. The molecule has 13 heavy (non-hydrogen) atoms. The largest absolute Gasteiger partial charge is 0.465 e. The fraction of sp³-hybridized carbons (Fsp3) is 0.857. The maximum atomic E-state index is 12.0. The third kappa shape index (κ3) is 2.80. The minimum absolute atomic E-state index is 0.300. The van der Waals surface area contributed by atoms with E-state index in [0.29, 0.717) is 19.5 Å². The van der Waals surface area contributed by atoms with Crippen molar-refractivity contribution in [1.82, 2.24) is 10.2 Å². The molecule has 1 aliphatic rings. The molecule has 1 heterocycles. The van der Waals surface area contributed by atoms with Gasteiger partial charge in [0.1, 0.15) is 0 Å². The Balaban J connectivity index is 2.50. The molecule has 0 radical (unpaired) electrons. The lowest BCUT2D eigenvalue weighted by Gasteiger charge is -2.24. The van der Waals surface area contributed by atoms with Crippen LogP contribution in [-0.4, -0.2) is 48.2 Å². The van der Waals surface area contributed by atoms with Crippen molar-refractivity contribution >= 4 is 6.09 Å². The monoisotopic (exact) mass is 194 g/mol. The summed E-state index contributed by atoms with van der Waals surface area (Å²) in [6.07, 6.45) is -3.26. The van der Waals surface area contributed by atoms with Crippen LogP contribution in [0.25, 0.3) is 0 Å². The number of hydrogen-bond acceptors (Lipinski definition) is 2. The molecule has 0 aliphatic carbocycles. The second-order valence-corrected chi connectivity index (χ2v) is 2.97. The topological polar surface area (TPSA) is 52.6 Å². The van der Waals surface area contributed by atoms with Gasteiger partial charge in [0.25, 0.3) is 6.43 Å². The summed E-state index contributed by atoms with van der Waals surface area (Å²) in [6.45, 7) is 0.471. The number of carboxylic acid groups (broad SMARTS) is 1. The summed E-state index contributed by atoms with van der Waals surface area (Å²) in [5, 5.41) is 11.6. The maximum Gasteiger partial charge on any atom is 0.407 e. The summed E-state index contributed by atoms with van der Waals surface area (Å²) in [7, 11) is 0. The summed E-state index contributed by atoms with van der Waals surface area (Å²) in [5.41, 5.74) is 0. The molecule has 0 spiro atoms. The van der Waals surface area contributed by atoms with Crippen molar-refractivity contribution in [2.75, 3.05) is 19.6 Å². The van der Waals surface area contributed by atoms with Gasteiger partial charge in [0.05, 0.1) is 6.54 Å². The van der Waals surface area contributed by atoms with E-state index in [-0.39, 0.29) is 6.04 Å². The van der Waals surface area contributed by atoms with Crippen molar-refractivity contribution in [2.45, 2.75) is 18.9 Å². The Bertz CT molecular complexity index is 183. The first kappa shape index (κ1) is 10.2. The van der Waals surface area contributed by atoms with Crippen LogP contribution in [0.3, 0.4) is 0 Å². The highest BCUT2D eigenvalue weighted by Gasteiger charge is 2.28. The molecule has 76 valence electrons. The minimum atomic E-state index is -2.60. The van der Waals surface area contributed by atoms with Crippen LogP contribution in [0, 0.1) is 0 Å². The van der Waals surface area contributed by atoms with Crippen LogP contribution in [-0.2, 0) is 0 Å². The van der Waals surface area contributed by atoms with Crippen LogP contribution >= 0.6 is 0 Å². The van der Waals surface area contributed by atoms with Gasteiger partial charge in [-0.15, -0.1) is 0 Å². The minimum Gasteiger partial charge on any atom is -0.465 e. The van der Waals surface area contributed by atoms with Gasteiger partial charge < -0.3 is 10.4 Å². The number of carbonyl (C=O) groups is 1. The van der Waals surface area contributed by atoms with Crippen LogP contribution in [0.1, 0.15) is 6.42 Å². The molecular formula is C7H12F2N2O2. The fourth-order valence-corrected chi connectivity index (χ4v) is 1.44. The van der Waals surface area contributed by atoms with Crippen molar-refractivity contribution in [3.05, 3.63) is 0 Å². The lowest BCUT2D eigenvalue weighted by Crippen LogP contribution is -2.43. The molecule has 6 heteroatoms.